The minimum Gasteiger partial charge on any atom is -0.294 e. The van der Waals surface area contributed by atoms with Crippen LogP contribution in [0.15, 0.2) is 47.4 Å². The van der Waals surface area contributed by atoms with Crippen molar-refractivity contribution in [1.29, 1.82) is 0 Å². The molecule has 0 fully saturated rings. The van der Waals surface area contributed by atoms with Crippen molar-refractivity contribution in [1.82, 2.24) is 0 Å². The van der Waals surface area contributed by atoms with Gasteiger partial charge in [-0.05, 0) is 31.5 Å². The lowest BCUT2D eigenvalue weighted by Crippen LogP contribution is -1.95. The van der Waals surface area contributed by atoms with Crippen LogP contribution in [0.2, 0.25) is 0 Å². The van der Waals surface area contributed by atoms with Crippen molar-refractivity contribution in [3.05, 3.63) is 64.7 Å². The molecule has 0 radical (unpaired) electrons. The van der Waals surface area contributed by atoms with Gasteiger partial charge in [0.15, 0.2) is 5.78 Å². The highest BCUT2D eigenvalue weighted by molar-refractivity contribution is 7.98. The van der Waals surface area contributed by atoms with Crippen LogP contribution in [0, 0.1) is 13.8 Å². The Kier molecular flexibility index (Phi) is 5.02. The Hall–Kier alpha value is -1.54. The normalized spacial score (nSPS) is 10.6. The van der Waals surface area contributed by atoms with E-state index in [1.807, 2.05) is 43.0 Å². The van der Waals surface area contributed by atoms with Crippen LogP contribution in [0.4, 0.5) is 0 Å². The largest absolute Gasteiger partial charge is 0.294 e. The molecule has 2 aromatic rings. The summed E-state index contributed by atoms with van der Waals surface area (Å²) < 4.78 is 0. The number of benzene rings is 2. The molecule has 0 saturated heterocycles. The van der Waals surface area contributed by atoms with Gasteiger partial charge in [0.1, 0.15) is 0 Å². The molecule has 0 aliphatic heterocycles. The van der Waals surface area contributed by atoms with E-state index in [0.29, 0.717) is 6.42 Å². The van der Waals surface area contributed by atoms with E-state index in [2.05, 4.69) is 32.0 Å². The van der Waals surface area contributed by atoms with Crippen LogP contribution in [0.3, 0.4) is 0 Å². The third kappa shape index (κ3) is 3.97. The van der Waals surface area contributed by atoms with Gasteiger partial charge in [-0.25, -0.2) is 0 Å². The number of ketones is 1. The lowest BCUT2D eigenvalue weighted by Gasteiger charge is -2.06. The maximum atomic E-state index is 11.6. The second kappa shape index (κ2) is 6.76. The number of rotatable bonds is 5. The predicted octanol–water partition coefficient (Wildman–Crippen LogP) is 5.19. The number of carbonyl (C=O) groups is 1. The smallest absolute Gasteiger partial charge is 0.162 e. The average molecular weight is 284 g/mol. The topological polar surface area (TPSA) is 17.1 Å². The number of hydrogen-bond acceptors (Lipinski definition) is 2. The van der Waals surface area contributed by atoms with E-state index in [-0.39, 0.29) is 5.78 Å². The SMILES string of the molecule is CCC(=O)c1ccc(SCc2cc(C)cc(C)c2)cc1. The molecule has 0 aliphatic carbocycles. The van der Waals surface area contributed by atoms with Crippen molar-refractivity contribution in [2.45, 2.75) is 37.8 Å². The first-order chi connectivity index (χ1) is 9.58. The summed E-state index contributed by atoms with van der Waals surface area (Å²) in [5.74, 6) is 1.17. The second-order valence-electron chi connectivity index (χ2n) is 5.09. The van der Waals surface area contributed by atoms with Gasteiger partial charge >= 0.3 is 0 Å². The van der Waals surface area contributed by atoms with Gasteiger partial charge in [-0.2, -0.15) is 0 Å². The van der Waals surface area contributed by atoms with Gasteiger partial charge in [0.2, 0.25) is 0 Å². The van der Waals surface area contributed by atoms with E-state index in [0.717, 1.165) is 11.3 Å². The third-order valence-electron chi connectivity index (χ3n) is 3.18. The van der Waals surface area contributed by atoms with Gasteiger partial charge < -0.3 is 0 Å². The standard InChI is InChI=1S/C18H20OS/c1-4-18(19)16-5-7-17(8-6-16)20-12-15-10-13(2)9-14(3)11-15/h5-11H,4,12H2,1-3H3. The van der Waals surface area contributed by atoms with Crippen LogP contribution in [-0.2, 0) is 5.75 Å². The molecule has 104 valence electrons. The molecule has 2 rings (SSSR count). The molecular formula is C18H20OS. The van der Waals surface area contributed by atoms with Crippen molar-refractivity contribution in [3.63, 3.8) is 0 Å². The maximum Gasteiger partial charge on any atom is 0.162 e. The lowest BCUT2D eigenvalue weighted by molar-refractivity contribution is 0.0988. The summed E-state index contributed by atoms with van der Waals surface area (Å²) in [5.41, 5.74) is 4.78. The van der Waals surface area contributed by atoms with Crippen LogP contribution in [0.25, 0.3) is 0 Å². The van der Waals surface area contributed by atoms with Crippen LogP contribution in [-0.4, -0.2) is 5.78 Å². The Morgan fingerprint density at radius 1 is 1.00 bits per heavy atom. The van der Waals surface area contributed by atoms with Crippen molar-refractivity contribution in [2.24, 2.45) is 0 Å². The van der Waals surface area contributed by atoms with Crippen molar-refractivity contribution in [3.8, 4) is 0 Å². The van der Waals surface area contributed by atoms with E-state index >= 15 is 0 Å². The Bertz CT molecular complexity index is 579. The number of thioether (sulfide) groups is 1. The van der Waals surface area contributed by atoms with Crippen molar-refractivity contribution < 1.29 is 4.79 Å². The second-order valence-corrected chi connectivity index (χ2v) is 6.13. The molecule has 2 heteroatoms. The van der Waals surface area contributed by atoms with Crippen LogP contribution in [0.1, 0.15) is 40.4 Å². The predicted molar refractivity (Wildman–Crippen MR) is 86.5 cm³/mol. The Balaban J connectivity index is 2.02. The molecule has 0 aliphatic rings. The van der Waals surface area contributed by atoms with Crippen molar-refractivity contribution in [2.75, 3.05) is 0 Å². The molecule has 0 atom stereocenters. The summed E-state index contributed by atoms with van der Waals surface area (Å²) in [4.78, 5) is 12.8. The van der Waals surface area contributed by atoms with Gasteiger partial charge in [0.05, 0.1) is 0 Å². The fourth-order valence-electron chi connectivity index (χ4n) is 2.26. The van der Waals surface area contributed by atoms with Crippen LogP contribution in [0.5, 0.6) is 0 Å². The van der Waals surface area contributed by atoms with Gasteiger partial charge in [0, 0.05) is 22.6 Å². The molecule has 0 bridgehead atoms. The zero-order valence-corrected chi connectivity index (χ0v) is 13.1. The molecule has 0 N–H and O–H groups in total. The molecule has 0 aromatic heterocycles. The number of carbonyl (C=O) groups excluding carboxylic acids is 1. The van der Waals surface area contributed by atoms with E-state index < -0.39 is 0 Å². The third-order valence-corrected chi connectivity index (χ3v) is 4.27. The summed E-state index contributed by atoms with van der Waals surface area (Å²) in [5, 5.41) is 0. The van der Waals surface area contributed by atoms with E-state index in [4.69, 9.17) is 0 Å². The molecule has 0 saturated carbocycles. The molecule has 0 amide bonds. The number of Topliss-reactive ketones (excluding diaryl/α,β-unsaturated/α-hetero) is 1. The fourth-order valence-corrected chi connectivity index (χ4v) is 3.09. The Labute approximate surface area is 125 Å². The first kappa shape index (κ1) is 14.9. The molecule has 2 aromatic carbocycles. The lowest BCUT2D eigenvalue weighted by atomic mass is 10.1. The minimum absolute atomic E-state index is 0.204. The summed E-state index contributed by atoms with van der Waals surface area (Å²) in [6.07, 6.45) is 0.565. The monoisotopic (exact) mass is 284 g/mol. The molecule has 1 nitrogen and oxygen atoms in total. The molecule has 0 unspecified atom stereocenters. The van der Waals surface area contributed by atoms with Gasteiger partial charge in [-0.15, -0.1) is 11.8 Å². The molecule has 20 heavy (non-hydrogen) atoms. The number of aryl methyl sites for hydroxylation is 2. The average Bonchev–Trinajstić information content (AvgIpc) is 2.44. The highest BCUT2D eigenvalue weighted by atomic mass is 32.2. The fraction of sp³-hybridized carbons (Fsp3) is 0.278. The van der Waals surface area contributed by atoms with Gasteiger partial charge in [-0.3, -0.25) is 4.79 Å². The van der Waals surface area contributed by atoms with E-state index in [1.54, 1.807) is 0 Å². The first-order valence-corrected chi connectivity index (χ1v) is 7.90. The first-order valence-electron chi connectivity index (χ1n) is 6.91. The highest BCUT2D eigenvalue weighted by Crippen LogP contribution is 2.24. The molecule has 0 spiro atoms. The number of hydrogen-bond donors (Lipinski definition) is 0. The zero-order valence-electron chi connectivity index (χ0n) is 12.3. The van der Waals surface area contributed by atoms with Gasteiger partial charge in [-0.1, -0.05) is 48.4 Å². The molecular weight excluding hydrogens is 264 g/mol. The quantitative estimate of drug-likeness (QED) is 0.555. The van der Waals surface area contributed by atoms with Gasteiger partial charge in [0.25, 0.3) is 0 Å². The van der Waals surface area contributed by atoms with E-state index in [9.17, 15) is 4.79 Å². The van der Waals surface area contributed by atoms with Crippen LogP contribution < -0.4 is 0 Å². The van der Waals surface area contributed by atoms with Crippen molar-refractivity contribution >= 4 is 17.5 Å². The summed E-state index contributed by atoms with van der Waals surface area (Å²) >= 11 is 1.81. The van der Waals surface area contributed by atoms with Crippen LogP contribution >= 0.6 is 11.8 Å². The minimum atomic E-state index is 0.204. The summed E-state index contributed by atoms with van der Waals surface area (Å²) in [6, 6.07) is 14.6. The Morgan fingerprint density at radius 3 is 2.15 bits per heavy atom. The Morgan fingerprint density at radius 2 is 1.60 bits per heavy atom. The highest BCUT2D eigenvalue weighted by Gasteiger charge is 2.03. The summed E-state index contributed by atoms with van der Waals surface area (Å²) in [7, 11) is 0. The summed E-state index contributed by atoms with van der Waals surface area (Å²) in [6.45, 7) is 6.16. The zero-order chi connectivity index (χ0) is 14.5. The van der Waals surface area contributed by atoms with E-state index in [1.165, 1.54) is 21.6 Å². The molecule has 0 heterocycles. The maximum absolute atomic E-state index is 11.6.